The first-order valence-corrected chi connectivity index (χ1v) is 11.1. The van der Waals surface area contributed by atoms with Crippen LogP contribution in [0.5, 0.6) is 0 Å². The Morgan fingerprint density at radius 1 is 1.22 bits per heavy atom. The zero-order valence-electron chi connectivity index (χ0n) is 15.1. The van der Waals surface area contributed by atoms with Gasteiger partial charge in [0.2, 0.25) is 5.78 Å². The van der Waals surface area contributed by atoms with Gasteiger partial charge in [-0.3, -0.25) is 4.79 Å². The van der Waals surface area contributed by atoms with Crippen LogP contribution >= 0.6 is 15.9 Å². The maximum absolute atomic E-state index is 12.5. The van der Waals surface area contributed by atoms with E-state index in [9.17, 15) is 18.0 Å². The van der Waals surface area contributed by atoms with Crippen LogP contribution in [0.1, 0.15) is 44.6 Å². The van der Waals surface area contributed by atoms with Crippen molar-refractivity contribution in [3.63, 3.8) is 0 Å². The Labute approximate surface area is 166 Å². The van der Waals surface area contributed by atoms with Gasteiger partial charge in [0.15, 0.2) is 16.4 Å². The van der Waals surface area contributed by atoms with E-state index in [-0.39, 0.29) is 29.9 Å². The van der Waals surface area contributed by atoms with Crippen molar-refractivity contribution < 1.29 is 22.7 Å². The van der Waals surface area contributed by atoms with E-state index < -0.39 is 15.8 Å². The lowest BCUT2D eigenvalue weighted by Gasteiger charge is -2.16. The zero-order chi connectivity index (χ0) is 19.8. The third kappa shape index (κ3) is 4.32. The van der Waals surface area contributed by atoms with Crippen LogP contribution in [0, 0.1) is 13.8 Å². The SMILES string of the molecule is Cc1cc(C(=O)COC(=O)c2ccc(Br)cc2)c(C)n1C1CCS(=O)(=O)C1. The number of hydrogen-bond donors (Lipinski definition) is 0. The zero-order valence-corrected chi connectivity index (χ0v) is 17.5. The minimum atomic E-state index is -3.02. The first-order valence-electron chi connectivity index (χ1n) is 8.52. The number of aromatic nitrogens is 1. The molecular formula is C19H20BrNO5S. The number of halogens is 1. The fraction of sp³-hybridized carbons (Fsp3) is 0.368. The summed E-state index contributed by atoms with van der Waals surface area (Å²) in [4.78, 5) is 24.6. The number of carbonyl (C=O) groups excluding carboxylic acids is 2. The summed E-state index contributed by atoms with van der Waals surface area (Å²) in [6.07, 6.45) is 0.547. The minimum absolute atomic E-state index is 0.0928. The molecule has 3 rings (SSSR count). The summed E-state index contributed by atoms with van der Waals surface area (Å²) in [6, 6.07) is 8.26. The lowest BCUT2D eigenvalue weighted by Crippen LogP contribution is -2.17. The summed E-state index contributed by atoms with van der Waals surface area (Å²) in [5, 5.41) is 0. The summed E-state index contributed by atoms with van der Waals surface area (Å²) in [5.74, 6) is -0.606. The number of Topliss-reactive ketones (excluding diaryl/α,β-unsaturated/α-hetero) is 1. The molecule has 1 aliphatic heterocycles. The van der Waals surface area contributed by atoms with Gasteiger partial charge in [0.25, 0.3) is 0 Å². The Bertz CT molecular complexity index is 992. The quantitative estimate of drug-likeness (QED) is 0.512. The Kier molecular flexibility index (Phi) is 5.58. The van der Waals surface area contributed by atoms with E-state index in [2.05, 4.69) is 15.9 Å². The van der Waals surface area contributed by atoms with Gasteiger partial charge in [-0.15, -0.1) is 0 Å². The summed E-state index contributed by atoms with van der Waals surface area (Å²) in [7, 11) is -3.02. The molecule has 1 aromatic carbocycles. The average molecular weight is 454 g/mol. The molecule has 27 heavy (non-hydrogen) atoms. The second-order valence-corrected chi connectivity index (χ2v) is 9.86. The van der Waals surface area contributed by atoms with Crippen molar-refractivity contribution >= 4 is 37.5 Å². The van der Waals surface area contributed by atoms with Gasteiger partial charge in [0.05, 0.1) is 17.1 Å². The van der Waals surface area contributed by atoms with Gasteiger partial charge < -0.3 is 9.30 Å². The van der Waals surface area contributed by atoms with Gasteiger partial charge in [-0.25, -0.2) is 13.2 Å². The Morgan fingerprint density at radius 3 is 2.48 bits per heavy atom. The van der Waals surface area contributed by atoms with Crippen LogP contribution < -0.4 is 0 Å². The third-order valence-electron chi connectivity index (χ3n) is 4.77. The Morgan fingerprint density at radius 2 is 1.89 bits per heavy atom. The molecule has 144 valence electrons. The van der Waals surface area contributed by atoms with E-state index in [0.717, 1.165) is 10.2 Å². The maximum atomic E-state index is 12.5. The number of esters is 1. The van der Waals surface area contributed by atoms with Crippen molar-refractivity contribution in [2.75, 3.05) is 18.1 Å². The van der Waals surface area contributed by atoms with E-state index in [4.69, 9.17) is 4.74 Å². The van der Waals surface area contributed by atoms with Crippen LogP contribution in [0.2, 0.25) is 0 Å². The minimum Gasteiger partial charge on any atom is -0.454 e. The number of carbonyl (C=O) groups is 2. The molecule has 8 heteroatoms. The summed E-state index contributed by atoms with van der Waals surface area (Å²) >= 11 is 3.29. The third-order valence-corrected chi connectivity index (χ3v) is 7.05. The lowest BCUT2D eigenvalue weighted by atomic mass is 10.1. The van der Waals surface area contributed by atoms with Gasteiger partial charge in [-0.2, -0.15) is 0 Å². The molecule has 2 aromatic rings. The molecule has 1 aromatic heterocycles. The van der Waals surface area contributed by atoms with Gasteiger partial charge in [-0.05, 0) is 50.6 Å². The molecule has 0 spiro atoms. The number of nitrogens with zero attached hydrogens (tertiary/aromatic N) is 1. The smallest absolute Gasteiger partial charge is 0.338 e. The second kappa shape index (κ2) is 7.59. The van der Waals surface area contributed by atoms with Crippen molar-refractivity contribution in [1.82, 2.24) is 4.57 Å². The first-order chi connectivity index (χ1) is 12.7. The van der Waals surface area contributed by atoms with Crippen molar-refractivity contribution in [2.24, 2.45) is 0 Å². The van der Waals surface area contributed by atoms with Crippen molar-refractivity contribution in [3.05, 3.63) is 57.3 Å². The molecule has 6 nitrogen and oxygen atoms in total. The number of rotatable bonds is 5. The van der Waals surface area contributed by atoms with E-state index >= 15 is 0 Å². The van der Waals surface area contributed by atoms with Crippen molar-refractivity contribution in [3.8, 4) is 0 Å². The molecule has 0 radical (unpaired) electrons. The van der Waals surface area contributed by atoms with Crippen LogP contribution in [0.4, 0.5) is 0 Å². The second-order valence-electron chi connectivity index (χ2n) is 6.72. The monoisotopic (exact) mass is 453 g/mol. The number of hydrogen-bond acceptors (Lipinski definition) is 5. The summed E-state index contributed by atoms with van der Waals surface area (Å²) in [6.45, 7) is 3.28. The van der Waals surface area contributed by atoms with Crippen LogP contribution in [-0.2, 0) is 14.6 Å². The highest BCUT2D eigenvalue weighted by Crippen LogP contribution is 2.29. The van der Waals surface area contributed by atoms with Gasteiger partial charge in [-0.1, -0.05) is 15.9 Å². The lowest BCUT2D eigenvalue weighted by molar-refractivity contribution is 0.0474. The van der Waals surface area contributed by atoms with Crippen LogP contribution in [0.25, 0.3) is 0 Å². The number of sulfone groups is 1. The van der Waals surface area contributed by atoms with Crippen molar-refractivity contribution in [2.45, 2.75) is 26.3 Å². The van der Waals surface area contributed by atoms with Gasteiger partial charge in [0, 0.05) is 27.5 Å². The van der Waals surface area contributed by atoms with Crippen LogP contribution in [-0.4, -0.2) is 42.9 Å². The van der Waals surface area contributed by atoms with Crippen LogP contribution in [0.15, 0.2) is 34.8 Å². The number of aryl methyl sites for hydroxylation is 1. The molecule has 1 aliphatic rings. The molecule has 0 saturated carbocycles. The molecule has 0 bridgehead atoms. The van der Waals surface area contributed by atoms with E-state index in [0.29, 0.717) is 23.2 Å². The average Bonchev–Trinajstić information content (AvgIpc) is 3.11. The highest BCUT2D eigenvalue weighted by molar-refractivity contribution is 9.10. The molecule has 0 aliphatic carbocycles. The Hall–Kier alpha value is -1.93. The number of ketones is 1. The largest absolute Gasteiger partial charge is 0.454 e. The normalized spacial score (nSPS) is 18.4. The van der Waals surface area contributed by atoms with E-state index in [1.54, 1.807) is 37.3 Å². The topological polar surface area (TPSA) is 82.4 Å². The van der Waals surface area contributed by atoms with Crippen LogP contribution in [0.3, 0.4) is 0 Å². The molecule has 0 N–H and O–H groups in total. The fourth-order valence-corrected chi connectivity index (χ4v) is 5.44. The van der Waals surface area contributed by atoms with E-state index in [1.807, 2.05) is 11.5 Å². The summed E-state index contributed by atoms with van der Waals surface area (Å²) in [5.41, 5.74) is 2.37. The highest BCUT2D eigenvalue weighted by Gasteiger charge is 2.31. The molecule has 1 fully saturated rings. The summed E-state index contributed by atoms with van der Waals surface area (Å²) < 4.78 is 31.4. The highest BCUT2D eigenvalue weighted by atomic mass is 79.9. The molecular weight excluding hydrogens is 434 g/mol. The van der Waals surface area contributed by atoms with Crippen molar-refractivity contribution in [1.29, 1.82) is 0 Å². The number of ether oxygens (including phenoxy) is 1. The standard InChI is InChI=1S/C19H20BrNO5S/c1-12-9-17(13(2)21(12)16-7-8-27(24,25)11-16)18(22)10-26-19(23)14-3-5-15(20)6-4-14/h3-6,9,16H,7-8,10-11H2,1-2H3. The maximum Gasteiger partial charge on any atom is 0.338 e. The molecule has 1 atom stereocenters. The molecule has 1 saturated heterocycles. The van der Waals surface area contributed by atoms with Gasteiger partial charge in [0.1, 0.15) is 0 Å². The number of benzene rings is 1. The van der Waals surface area contributed by atoms with Gasteiger partial charge >= 0.3 is 5.97 Å². The van der Waals surface area contributed by atoms with E-state index in [1.165, 1.54) is 0 Å². The fourth-order valence-electron chi connectivity index (χ4n) is 3.48. The predicted molar refractivity (Wildman–Crippen MR) is 105 cm³/mol. The molecule has 1 unspecified atom stereocenters. The molecule has 2 heterocycles. The predicted octanol–water partition coefficient (Wildman–Crippen LogP) is 3.27. The Balaban J connectivity index is 1.71. The molecule has 0 amide bonds. The first kappa shape index (κ1) is 19.8.